The molecule has 1 saturated heterocycles. The highest BCUT2D eigenvalue weighted by Gasteiger charge is 2.42. The van der Waals surface area contributed by atoms with Crippen LogP contribution in [0.15, 0.2) is 71.1 Å². The van der Waals surface area contributed by atoms with E-state index in [9.17, 15) is 13.2 Å². The fourth-order valence-electron chi connectivity index (χ4n) is 3.59. The van der Waals surface area contributed by atoms with Gasteiger partial charge in [-0.1, -0.05) is 66.6 Å². The molecule has 0 saturated carbocycles. The molecule has 2 unspecified atom stereocenters. The van der Waals surface area contributed by atoms with Crippen LogP contribution in [0.1, 0.15) is 36.2 Å². The maximum Gasteiger partial charge on any atom is 0.243 e. The Bertz CT molecular complexity index is 963. The Morgan fingerprint density at radius 1 is 1.07 bits per heavy atom. The van der Waals surface area contributed by atoms with Crippen molar-refractivity contribution in [3.05, 3.63) is 77.4 Å². The molecule has 3 rings (SSSR count). The number of hydrogen-bond donors (Lipinski definition) is 0. The first kappa shape index (κ1) is 20.5. The van der Waals surface area contributed by atoms with E-state index in [4.69, 9.17) is 0 Å². The van der Waals surface area contributed by atoms with Crippen LogP contribution in [0.3, 0.4) is 0 Å². The maximum atomic E-state index is 13.1. The third-order valence-electron chi connectivity index (χ3n) is 5.44. The van der Waals surface area contributed by atoms with Crippen molar-refractivity contribution in [3.63, 3.8) is 0 Å². The van der Waals surface area contributed by atoms with Gasteiger partial charge in [0.15, 0.2) is 5.78 Å². The zero-order valence-electron chi connectivity index (χ0n) is 16.6. The van der Waals surface area contributed by atoms with Gasteiger partial charge in [0.05, 0.1) is 4.90 Å². The largest absolute Gasteiger partial charge is 0.294 e. The van der Waals surface area contributed by atoms with Crippen molar-refractivity contribution < 1.29 is 13.2 Å². The minimum Gasteiger partial charge on any atom is -0.294 e. The van der Waals surface area contributed by atoms with Crippen LogP contribution in [0, 0.1) is 18.8 Å². The molecule has 0 spiro atoms. The normalized spacial score (nSPS) is 21.0. The number of ketones is 1. The first-order chi connectivity index (χ1) is 13.3. The van der Waals surface area contributed by atoms with E-state index in [1.54, 1.807) is 36.4 Å². The molecule has 148 valence electrons. The molecular weight excluding hydrogens is 370 g/mol. The maximum absolute atomic E-state index is 13.1. The number of aryl methyl sites for hydroxylation is 1. The lowest BCUT2D eigenvalue weighted by Gasteiger charge is -2.16. The number of Topliss-reactive ketones (excluding diaryl/α,β-unsaturated/α-hetero) is 1. The van der Waals surface area contributed by atoms with Crippen molar-refractivity contribution in [1.29, 1.82) is 0 Å². The minimum atomic E-state index is -3.63. The highest BCUT2D eigenvalue weighted by atomic mass is 32.2. The van der Waals surface area contributed by atoms with Crippen LogP contribution in [0.4, 0.5) is 0 Å². The summed E-state index contributed by atoms with van der Waals surface area (Å²) in [5.74, 6) is -0.482. The van der Waals surface area contributed by atoms with Crippen molar-refractivity contribution in [1.82, 2.24) is 4.31 Å². The van der Waals surface area contributed by atoms with Gasteiger partial charge in [0.1, 0.15) is 0 Å². The summed E-state index contributed by atoms with van der Waals surface area (Å²) < 4.78 is 27.8. The van der Waals surface area contributed by atoms with Gasteiger partial charge >= 0.3 is 0 Å². The number of hydrogen-bond acceptors (Lipinski definition) is 3. The average Bonchev–Trinajstić information content (AvgIpc) is 3.12. The Morgan fingerprint density at radius 3 is 2.32 bits per heavy atom. The minimum absolute atomic E-state index is 0.00681. The zero-order chi connectivity index (χ0) is 20.3. The molecule has 1 aliphatic rings. The highest BCUT2D eigenvalue weighted by Crippen LogP contribution is 2.33. The lowest BCUT2D eigenvalue weighted by atomic mass is 9.87. The van der Waals surface area contributed by atoms with Gasteiger partial charge in [-0.05, 0) is 32.4 Å². The number of sulfonamides is 1. The van der Waals surface area contributed by atoms with E-state index >= 15 is 0 Å². The van der Waals surface area contributed by atoms with E-state index in [2.05, 4.69) is 13.0 Å². The second kappa shape index (κ2) is 8.41. The summed E-state index contributed by atoms with van der Waals surface area (Å²) in [5, 5.41) is 0. The number of rotatable bonds is 6. The van der Waals surface area contributed by atoms with Crippen molar-refractivity contribution in [2.24, 2.45) is 11.8 Å². The molecule has 0 amide bonds. The molecule has 1 fully saturated rings. The van der Waals surface area contributed by atoms with Crippen molar-refractivity contribution in [3.8, 4) is 0 Å². The SMILES string of the molecule is CC/C(C)=C\C1CN(S(=O)(=O)c2ccc(C)cc2)CC1C(=O)c1ccccc1. The molecule has 1 heterocycles. The number of benzene rings is 2. The smallest absolute Gasteiger partial charge is 0.243 e. The van der Waals surface area contributed by atoms with Crippen LogP contribution in [-0.4, -0.2) is 31.6 Å². The summed E-state index contributed by atoms with van der Waals surface area (Å²) in [5.41, 5.74) is 2.82. The second-order valence-corrected chi connectivity index (χ2v) is 9.44. The second-order valence-electron chi connectivity index (χ2n) is 7.50. The fraction of sp³-hybridized carbons (Fsp3) is 0.348. The Hall–Kier alpha value is -2.24. The molecule has 0 radical (unpaired) electrons. The monoisotopic (exact) mass is 397 g/mol. The first-order valence-electron chi connectivity index (χ1n) is 9.66. The molecular formula is C23H27NO3S. The zero-order valence-corrected chi connectivity index (χ0v) is 17.4. The van der Waals surface area contributed by atoms with Crippen LogP contribution in [0.5, 0.6) is 0 Å². The van der Waals surface area contributed by atoms with Gasteiger partial charge in [0.25, 0.3) is 0 Å². The lowest BCUT2D eigenvalue weighted by molar-refractivity contribution is 0.0912. The average molecular weight is 398 g/mol. The van der Waals surface area contributed by atoms with E-state index in [-0.39, 0.29) is 29.1 Å². The number of allylic oxidation sites excluding steroid dienone is 1. The van der Waals surface area contributed by atoms with Gasteiger partial charge in [0, 0.05) is 30.5 Å². The van der Waals surface area contributed by atoms with E-state index < -0.39 is 10.0 Å². The van der Waals surface area contributed by atoms with Crippen LogP contribution < -0.4 is 0 Å². The Balaban J connectivity index is 1.93. The first-order valence-corrected chi connectivity index (χ1v) is 11.1. The Morgan fingerprint density at radius 2 is 1.71 bits per heavy atom. The topological polar surface area (TPSA) is 54.5 Å². The number of nitrogens with zero attached hydrogens (tertiary/aromatic N) is 1. The molecule has 5 heteroatoms. The van der Waals surface area contributed by atoms with Crippen molar-refractivity contribution in [2.45, 2.75) is 32.1 Å². The molecule has 4 nitrogen and oxygen atoms in total. The summed E-state index contributed by atoms with van der Waals surface area (Å²) in [6.07, 6.45) is 2.96. The lowest BCUT2D eigenvalue weighted by Crippen LogP contribution is -2.30. The Labute approximate surface area is 167 Å². The quantitative estimate of drug-likeness (QED) is 0.534. The standard InChI is InChI=1S/C23H27NO3S/c1-4-17(2)14-20-15-24(28(26,27)21-12-10-18(3)11-13-21)16-22(20)23(25)19-8-6-5-7-9-19/h5-14,20,22H,4,15-16H2,1-3H3/b17-14-. The third kappa shape index (κ3) is 4.26. The van der Waals surface area contributed by atoms with E-state index in [0.717, 1.165) is 12.0 Å². The van der Waals surface area contributed by atoms with Crippen molar-refractivity contribution >= 4 is 15.8 Å². The summed E-state index contributed by atoms with van der Waals surface area (Å²) in [4.78, 5) is 13.4. The van der Waals surface area contributed by atoms with Crippen LogP contribution in [-0.2, 0) is 10.0 Å². The van der Waals surface area contributed by atoms with Crippen LogP contribution in [0.25, 0.3) is 0 Å². The van der Waals surface area contributed by atoms with E-state index in [1.807, 2.05) is 32.0 Å². The van der Waals surface area contributed by atoms with E-state index in [0.29, 0.717) is 12.1 Å². The van der Waals surface area contributed by atoms with Gasteiger partial charge in [-0.25, -0.2) is 8.42 Å². The van der Waals surface area contributed by atoms with E-state index in [1.165, 1.54) is 9.88 Å². The molecule has 2 aromatic rings. The molecule has 0 N–H and O–H groups in total. The van der Waals surface area contributed by atoms with Gasteiger partial charge < -0.3 is 0 Å². The van der Waals surface area contributed by atoms with Crippen LogP contribution >= 0.6 is 0 Å². The summed E-state index contributed by atoms with van der Waals surface area (Å²) >= 11 is 0. The predicted octanol–water partition coefficient (Wildman–Crippen LogP) is 4.47. The number of carbonyl (C=O) groups is 1. The third-order valence-corrected chi connectivity index (χ3v) is 7.29. The van der Waals surface area contributed by atoms with Gasteiger partial charge in [-0.15, -0.1) is 0 Å². The molecule has 28 heavy (non-hydrogen) atoms. The molecule has 2 aromatic carbocycles. The molecule has 2 atom stereocenters. The molecule has 0 aliphatic carbocycles. The van der Waals surface area contributed by atoms with Gasteiger partial charge in [0.2, 0.25) is 10.0 Å². The number of carbonyl (C=O) groups excluding carboxylic acids is 1. The van der Waals surface area contributed by atoms with Crippen LogP contribution in [0.2, 0.25) is 0 Å². The molecule has 0 bridgehead atoms. The Kier molecular flexibility index (Phi) is 6.16. The highest BCUT2D eigenvalue weighted by molar-refractivity contribution is 7.89. The summed E-state index contributed by atoms with van der Waals surface area (Å²) in [6, 6.07) is 16.0. The van der Waals surface area contributed by atoms with Crippen molar-refractivity contribution in [2.75, 3.05) is 13.1 Å². The summed E-state index contributed by atoms with van der Waals surface area (Å²) in [6.45, 7) is 6.56. The molecule has 0 aromatic heterocycles. The van der Waals surface area contributed by atoms with Gasteiger partial charge in [-0.3, -0.25) is 4.79 Å². The van der Waals surface area contributed by atoms with Gasteiger partial charge in [-0.2, -0.15) is 4.31 Å². The predicted molar refractivity (Wildman–Crippen MR) is 112 cm³/mol. The fourth-order valence-corrected chi connectivity index (χ4v) is 5.10. The molecule has 1 aliphatic heterocycles. The summed E-state index contributed by atoms with van der Waals surface area (Å²) in [7, 11) is -3.63.